The lowest BCUT2D eigenvalue weighted by atomic mass is 10.0. The summed E-state index contributed by atoms with van der Waals surface area (Å²) in [6, 6.07) is 2.68. The molecule has 0 aliphatic carbocycles. The Balaban J connectivity index is 3.64. The molecule has 1 aromatic rings. The summed E-state index contributed by atoms with van der Waals surface area (Å²) in [5.74, 6) is -1.79. The minimum atomic E-state index is -5.09. The van der Waals surface area contributed by atoms with Gasteiger partial charge in [0.2, 0.25) is 0 Å². The zero-order valence-electron chi connectivity index (χ0n) is 7.40. The topological polar surface area (TPSA) is 40.9 Å². The fourth-order valence-electron chi connectivity index (χ4n) is 1.10. The number of benzene rings is 1. The molecule has 0 saturated heterocycles. The maximum atomic E-state index is 13.2. The van der Waals surface area contributed by atoms with Gasteiger partial charge in [0, 0.05) is 5.56 Å². The highest BCUT2D eigenvalue weighted by molar-refractivity contribution is 6.67. The van der Waals surface area contributed by atoms with Gasteiger partial charge in [-0.1, -0.05) is 0 Å². The first-order chi connectivity index (χ1) is 7.29. The van der Waals surface area contributed by atoms with Crippen LogP contribution in [0.15, 0.2) is 12.1 Å². The van der Waals surface area contributed by atoms with Crippen molar-refractivity contribution in [3.63, 3.8) is 0 Å². The Morgan fingerprint density at radius 1 is 1.38 bits per heavy atom. The van der Waals surface area contributed by atoms with E-state index in [4.69, 9.17) is 16.9 Å². The van der Waals surface area contributed by atoms with Crippen LogP contribution in [0.4, 0.5) is 17.6 Å². The SMILES string of the molecule is N#Cc1ccc(C(=O)Cl)c(C(F)(F)F)c1F. The van der Waals surface area contributed by atoms with E-state index in [9.17, 15) is 22.4 Å². The van der Waals surface area contributed by atoms with Crippen molar-refractivity contribution in [3.8, 4) is 6.07 Å². The third-order valence-electron chi connectivity index (χ3n) is 1.76. The molecule has 0 unspecified atom stereocenters. The predicted octanol–water partition coefficient (Wildman–Crippen LogP) is 3.10. The molecule has 0 amide bonds. The van der Waals surface area contributed by atoms with Crippen LogP contribution in [0.5, 0.6) is 0 Å². The Labute approximate surface area is 92.0 Å². The number of alkyl halides is 3. The Bertz CT molecular complexity index is 490. The van der Waals surface area contributed by atoms with E-state index < -0.39 is 33.9 Å². The maximum Gasteiger partial charge on any atom is 0.420 e. The number of carbonyl (C=O) groups excluding carboxylic acids is 1. The molecule has 0 aliphatic heterocycles. The van der Waals surface area contributed by atoms with Crippen molar-refractivity contribution in [2.45, 2.75) is 6.18 Å². The summed E-state index contributed by atoms with van der Waals surface area (Å²) in [6.45, 7) is 0. The van der Waals surface area contributed by atoms with Gasteiger partial charge in [-0.05, 0) is 23.7 Å². The summed E-state index contributed by atoms with van der Waals surface area (Å²) in [5.41, 5.74) is -3.62. The molecule has 0 bridgehead atoms. The molecule has 1 rings (SSSR count). The van der Waals surface area contributed by atoms with Crippen molar-refractivity contribution in [1.29, 1.82) is 5.26 Å². The summed E-state index contributed by atoms with van der Waals surface area (Å²) in [7, 11) is 0. The zero-order valence-corrected chi connectivity index (χ0v) is 8.16. The third kappa shape index (κ3) is 2.14. The molecule has 0 saturated carbocycles. The summed E-state index contributed by atoms with van der Waals surface area (Å²) in [5, 5.41) is 6.93. The van der Waals surface area contributed by atoms with E-state index in [2.05, 4.69) is 0 Å². The quantitative estimate of drug-likeness (QED) is 0.568. The highest BCUT2D eigenvalue weighted by atomic mass is 35.5. The number of carbonyl (C=O) groups is 1. The van der Waals surface area contributed by atoms with E-state index in [1.807, 2.05) is 0 Å². The summed E-state index contributed by atoms with van der Waals surface area (Å²) in [6.07, 6.45) is -5.09. The van der Waals surface area contributed by atoms with Crippen LogP contribution in [0, 0.1) is 17.1 Å². The number of halogens is 5. The molecule has 1 aromatic carbocycles. The number of nitrogens with zero attached hydrogens (tertiary/aromatic N) is 1. The van der Waals surface area contributed by atoms with Gasteiger partial charge in [-0.25, -0.2) is 4.39 Å². The molecule has 0 atom stereocenters. The van der Waals surface area contributed by atoms with E-state index in [-0.39, 0.29) is 0 Å². The van der Waals surface area contributed by atoms with Crippen molar-refractivity contribution in [1.82, 2.24) is 0 Å². The maximum absolute atomic E-state index is 13.2. The number of hydrogen-bond donors (Lipinski definition) is 0. The Morgan fingerprint density at radius 3 is 2.31 bits per heavy atom. The van der Waals surface area contributed by atoms with Gasteiger partial charge in [-0.15, -0.1) is 0 Å². The summed E-state index contributed by atoms with van der Waals surface area (Å²) >= 11 is 4.89. The average molecular weight is 252 g/mol. The molecule has 0 aliphatic rings. The smallest absolute Gasteiger partial charge is 0.276 e. The van der Waals surface area contributed by atoms with E-state index in [0.717, 1.165) is 6.07 Å². The van der Waals surface area contributed by atoms with Crippen molar-refractivity contribution in [2.24, 2.45) is 0 Å². The third-order valence-corrected chi connectivity index (χ3v) is 1.96. The standard InChI is InChI=1S/C9H2ClF4NO/c10-8(16)5-2-1-4(3-15)7(11)6(5)9(12,13)14/h1-2H. The first-order valence-corrected chi connectivity index (χ1v) is 4.16. The zero-order chi connectivity index (χ0) is 12.5. The van der Waals surface area contributed by atoms with Crippen molar-refractivity contribution in [2.75, 3.05) is 0 Å². The molecule has 7 heteroatoms. The van der Waals surface area contributed by atoms with Gasteiger partial charge in [0.1, 0.15) is 11.6 Å². The first-order valence-electron chi connectivity index (χ1n) is 3.78. The fraction of sp³-hybridized carbons (Fsp3) is 0.111. The van der Waals surface area contributed by atoms with Crippen LogP contribution in [-0.2, 0) is 6.18 Å². The van der Waals surface area contributed by atoms with Crippen LogP contribution >= 0.6 is 11.6 Å². The molecule has 84 valence electrons. The Morgan fingerprint density at radius 2 is 1.94 bits per heavy atom. The van der Waals surface area contributed by atoms with Gasteiger partial charge in [0.05, 0.1) is 5.56 Å². The molecule has 0 heterocycles. The van der Waals surface area contributed by atoms with E-state index in [0.29, 0.717) is 6.07 Å². The highest BCUT2D eigenvalue weighted by Gasteiger charge is 2.39. The predicted molar refractivity (Wildman–Crippen MR) is 46.3 cm³/mol. The Hall–Kier alpha value is -1.61. The number of nitriles is 1. The molecule has 2 nitrogen and oxygen atoms in total. The second kappa shape index (κ2) is 4.10. The van der Waals surface area contributed by atoms with Gasteiger partial charge in [-0.2, -0.15) is 18.4 Å². The molecule has 0 N–H and O–H groups in total. The minimum Gasteiger partial charge on any atom is -0.276 e. The molecular formula is C9H2ClF4NO. The lowest BCUT2D eigenvalue weighted by Gasteiger charge is -2.11. The lowest BCUT2D eigenvalue weighted by Crippen LogP contribution is -2.14. The Kier molecular flexibility index (Phi) is 3.19. The van der Waals surface area contributed by atoms with Gasteiger partial charge >= 0.3 is 6.18 Å². The molecule has 0 radical (unpaired) electrons. The second-order valence-corrected chi connectivity index (χ2v) is 3.08. The molecule has 16 heavy (non-hydrogen) atoms. The largest absolute Gasteiger partial charge is 0.420 e. The fourth-order valence-corrected chi connectivity index (χ4v) is 1.26. The minimum absolute atomic E-state index is 0.666. The van der Waals surface area contributed by atoms with Crippen molar-refractivity contribution >= 4 is 16.8 Å². The van der Waals surface area contributed by atoms with Crippen LogP contribution in [0.2, 0.25) is 0 Å². The van der Waals surface area contributed by atoms with Gasteiger partial charge < -0.3 is 0 Å². The van der Waals surface area contributed by atoms with Crippen LogP contribution in [0.25, 0.3) is 0 Å². The summed E-state index contributed by atoms with van der Waals surface area (Å²) < 4.78 is 50.5. The molecule has 0 aromatic heterocycles. The van der Waals surface area contributed by atoms with Gasteiger partial charge in [-0.3, -0.25) is 4.79 Å². The van der Waals surface area contributed by atoms with Gasteiger partial charge in [0.15, 0.2) is 5.82 Å². The molecule has 0 spiro atoms. The van der Waals surface area contributed by atoms with Crippen molar-refractivity contribution < 1.29 is 22.4 Å². The molecule has 0 fully saturated rings. The van der Waals surface area contributed by atoms with Crippen LogP contribution in [0.1, 0.15) is 21.5 Å². The van der Waals surface area contributed by atoms with Gasteiger partial charge in [0.25, 0.3) is 5.24 Å². The van der Waals surface area contributed by atoms with E-state index in [1.54, 1.807) is 0 Å². The van der Waals surface area contributed by atoms with E-state index >= 15 is 0 Å². The van der Waals surface area contributed by atoms with Crippen molar-refractivity contribution in [3.05, 3.63) is 34.6 Å². The normalized spacial score (nSPS) is 11.0. The monoisotopic (exact) mass is 251 g/mol. The first kappa shape index (κ1) is 12.5. The van der Waals surface area contributed by atoms with Crippen LogP contribution in [0.3, 0.4) is 0 Å². The average Bonchev–Trinajstić information content (AvgIpc) is 2.14. The molecular weight excluding hydrogens is 250 g/mol. The number of rotatable bonds is 1. The van der Waals surface area contributed by atoms with Crippen LogP contribution < -0.4 is 0 Å². The van der Waals surface area contributed by atoms with E-state index in [1.165, 1.54) is 6.07 Å². The number of hydrogen-bond acceptors (Lipinski definition) is 2. The lowest BCUT2D eigenvalue weighted by molar-refractivity contribution is -0.140. The highest BCUT2D eigenvalue weighted by Crippen LogP contribution is 2.35. The van der Waals surface area contributed by atoms with Crippen LogP contribution in [-0.4, -0.2) is 5.24 Å². The summed E-state index contributed by atoms with van der Waals surface area (Å²) in [4.78, 5) is 10.7. The second-order valence-electron chi connectivity index (χ2n) is 2.73.